The first-order chi connectivity index (χ1) is 15.6. The highest BCUT2D eigenvalue weighted by Gasteiger charge is 2.31. The molecule has 1 fully saturated rings. The summed E-state index contributed by atoms with van der Waals surface area (Å²) in [5.41, 5.74) is 9.80. The Morgan fingerprint density at radius 2 is 1.69 bits per heavy atom. The van der Waals surface area contributed by atoms with Crippen LogP contribution in [0.2, 0.25) is 0 Å². The van der Waals surface area contributed by atoms with Gasteiger partial charge in [-0.2, -0.15) is 5.10 Å². The Labute approximate surface area is 186 Å². The predicted molar refractivity (Wildman–Crippen MR) is 124 cm³/mol. The molecule has 3 N–H and O–H groups in total. The van der Waals surface area contributed by atoms with Crippen LogP contribution in [0.1, 0.15) is 36.2 Å². The van der Waals surface area contributed by atoms with Gasteiger partial charge in [-0.3, -0.25) is 4.79 Å². The molecule has 0 spiro atoms. The first-order valence-corrected chi connectivity index (χ1v) is 10.7. The largest absolute Gasteiger partial charge is 0.386 e. The maximum Gasteiger partial charge on any atom is 0.245 e. The van der Waals surface area contributed by atoms with E-state index >= 15 is 0 Å². The summed E-state index contributed by atoms with van der Waals surface area (Å²) in [4.78, 5) is 12.5. The van der Waals surface area contributed by atoms with E-state index in [4.69, 9.17) is 5.73 Å². The predicted octanol–water partition coefficient (Wildman–Crippen LogP) is 4.22. The average molecular weight is 422 g/mol. The van der Waals surface area contributed by atoms with Gasteiger partial charge in [0.2, 0.25) is 5.91 Å². The van der Waals surface area contributed by atoms with Crippen molar-refractivity contribution in [2.45, 2.75) is 25.0 Å². The second kappa shape index (κ2) is 8.33. The number of nitrogens with two attached hydrogens (primary N) is 1. The zero-order valence-electron chi connectivity index (χ0n) is 17.5. The lowest BCUT2D eigenvalue weighted by Gasteiger charge is -2.21. The third-order valence-electron chi connectivity index (χ3n) is 5.77. The standard InChI is InChI=1S/C27H23N3O2/c28-27(32)25(26(31)20-9-5-2-6-10-20)30-24(16-13-18-11-12-18)22-17-21(14-15-23(22)29-30)19-7-3-1-4-8-19/h1-10,14-15,17-18,25-26,31H,11-12H2,(H2,28,32). The van der Waals surface area contributed by atoms with Crippen LogP contribution < -0.4 is 5.73 Å². The summed E-state index contributed by atoms with van der Waals surface area (Å²) in [5, 5.41) is 16.6. The smallest absolute Gasteiger partial charge is 0.245 e. The number of rotatable bonds is 5. The number of primary amides is 1. The molecule has 5 rings (SSSR count). The molecule has 0 radical (unpaired) electrons. The van der Waals surface area contributed by atoms with E-state index < -0.39 is 18.1 Å². The second-order valence-corrected chi connectivity index (χ2v) is 8.14. The molecular formula is C27H23N3O2. The van der Waals surface area contributed by atoms with Crippen LogP contribution in [0, 0.1) is 17.8 Å². The molecule has 0 saturated heterocycles. The van der Waals surface area contributed by atoms with Crippen LogP contribution >= 0.6 is 0 Å². The molecule has 1 heterocycles. The number of amides is 1. The zero-order valence-corrected chi connectivity index (χ0v) is 17.5. The summed E-state index contributed by atoms with van der Waals surface area (Å²) in [6.45, 7) is 0. The highest BCUT2D eigenvalue weighted by atomic mass is 16.3. The Balaban J connectivity index is 1.68. The van der Waals surface area contributed by atoms with Crippen molar-refractivity contribution in [2.24, 2.45) is 11.7 Å². The minimum absolute atomic E-state index is 0.372. The van der Waals surface area contributed by atoms with Gasteiger partial charge in [-0.1, -0.05) is 72.7 Å². The van der Waals surface area contributed by atoms with Gasteiger partial charge in [-0.05, 0) is 47.6 Å². The zero-order chi connectivity index (χ0) is 22.1. The summed E-state index contributed by atoms with van der Waals surface area (Å²) < 4.78 is 1.51. The summed E-state index contributed by atoms with van der Waals surface area (Å²) in [6.07, 6.45) is 1.03. The maximum atomic E-state index is 12.5. The quantitative estimate of drug-likeness (QED) is 0.473. The van der Waals surface area contributed by atoms with Crippen molar-refractivity contribution in [1.29, 1.82) is 0 Å². The van der Waals surface area contributed by atoms with Gasteiger partial charge in [0.05, 0.1) is 5.52 Å². The number of carbonyl (C=O) groups excluding carboxylic acids is 1. The van der Waals surface area contributed by atoms with Gasteiger partial charge in [-0.25, -0.2) is 4.68 Å². The Kier molecular flexibility index (Phi) is 5.22. The molecule has 1 amide bonds. The van der Waals surface area contributed by atoms with Crippen molar-refractivity contribution in [2.75, 3.05) is 0 Å². The fraction of sp³-hybridized carbons (Fsp3) is 0.185. The molecule has 1 aliphatic rings. The molecule has 2 unspecified atom stereocenters. The third kappa shape index (κ3) is 3.89. The van der Waals surface area contributed by atoms with Crippen LogP contribution in [-0.2, 0) is 4.79 Å². The molecule has 1 aliphatic carbocycles. The van der Waals surface area contributed by atoms with Gasteiger partial charge in [0.15, 0.2) is 6.04 Å². The number of aliphatic hydroxyl groups excluding tert-OH is 1. The lowest BCUT2D eigenvalue weighted by Crippen LogP contribution is -2.33. The Hall–Kier alpha value is -3.88. The number of aromatic nitrogens is 2. The molecular weight excluding hydrogens is 398 g/mol. The van der Waals surface area contributed by atoms with Gasteiger partial charge in [0.1, 0.15) is 11.8 Å². The third-order valence-corrected chi connectivity index (χ3v) is 5.77. The summed E-state index contributed by atoms with van der Waals surface area (Å²) in [7, 11) is 0. The highest BCUT2D eigenvalue weighted by molar-refractivity contribution is 5.90. The summed E-state index contributed by atoms with van der Waals surface area (Å²) in [6, 6.07) is 24.0. The molecule has 3 aromatic carbocycles. The molecule has 0 bridgehead atoms. The van der Waals surface area contributed by atoms with Crippen molar-refractivity contribution < 1.29 is 9.90 Å². The van der Waals surface area contributed by atoms with Crippen LogP contribution in [0.15, 0.2) is 78.9 Å². The molecule has 1 saturated carbocycles. The van der Waals surface area contributed by atoms with Crippen LogP contribution in [-0.4, -0.2) is 20.8 Å². The lowest BCUT2D eigenvalue weighted by molar-refractivity contribution is -0.124. The Morgan fingerprint density at radius 3 is 2.34 bits per heavy atom. The first-order valence-electron chi connectivity index (χ1n) is 10.7. The van der Waals surface area contributed by atoms with Crippen molar-refractivity contribution >= 4 is 16.8 Å². The minimum atomic E-state index is -1.14. The number of carbonyl (C=O) groups is 1. The van der Waals surface area contributed by atoms with Crippen molar-refractivity contribution in [3.05, 3.63) is 90.1 Å². The van der Waals surface area contributed by atoms with E-state index in [0.717, 1.165) is 29.4 Å². The number of nitrogens with zero attached hydrogens (tertiary/aromatic N) is 2. The van der Waals surface area contributed by atoms with E-state index in [1.165, 1.54) is 4.68 Å². The molecule has 5 nitrogen and oxygen atoms in total. The summed E-state index contributed by atoms with van der Waals surface area (Å²) >= 11 is 0. The van der Waals surface area contributed by atoms with E-state index in [2.05, 4.69) is 16.9 Å². The fourth-order valence-electron chi connectivity index (χ4n) is 3.88. The van der Waals surface area contributed by atoms with Crippen LogP contribution in [0.25, 0.3) is 22.0 Å². The highest BCUT2D eigenvalue weighted by Crippen LogP contribution is 2.33. The second-order valence-electron chi connectivity index (χ2n) is 8.14. The van der Waals surface area contributed by atoms with E-state index in [1.54, 1.807) is 12.1 Å². The van der Waals surface area contributed by atoms with Crippen molar-refractivity contribution in [3.63, 3.8) is 0 Å². The lowest BCUT2D eigenvalue weighted by atomic mass is 10.0. The van der Waals surface area contributed by atoms with Gasteiger partial charge < -0.3 is 10.8 Å². The van der Waals surface area contributed by atoms with Crippen molar-refractivity contribution in [1.82, 2.24) is 9.78 Å². The number of aliphatic hydroxyl groups is 1. The van der Waals surface area contributed by atoms with Gasteiger partial charge in [-0.15, -0.1) is 0 Å². The van der Waals surface area contributed by atoms with E-state index in [1.807, 2.05) is 66.7 Å². The van der Waals surface area contributed by atoms with Crippen LogP contribution in [0.4, 0.5) is 0 Å². The molecule has 1 aromatic heterocycles. The monoisotopic (exact) mass is 421 g/mol. The molecule has 5 heteroatoms. The van der Waals surface area contributed by atoms with E-state index in [9.17, 15) is 9.90 Å². The Morgan fingerprint density at radius 1 is 1.00 bits per heavy atom. The molecule has 32 heavy (non-hydrogen) atoms. The number of hydrogen-bond acceptors (Lipinski definition) is 3. The molecule has 2 atom stereocenters. The first kappa shape index (κ1) is 20.0. The average Bonchev–Trinajstić information content (AvgIpc) is 3.59. The Bertz CT molecular complexity index is 1330. The van der Waals surface area contributed by atoms with Gasteiger partial charge in [0, 0.05) is 11.3 Å². The molecule has 158 valence electrons. The number of fused-ring (bicyclic) bond motifs is 1. The maximum absolute atomic E-state index is 12.5. The van der Waals surface area contributed by atoms with E-state index in [-0.39, 0.29) is 0 Å². The molecule has 4 aromatic rings. The SMILES string of the molecule is NC(=O)C(C(O)c1ccccc1)n1nc2ccc(-c3ccccc3)cc2c1C#CC1CC1. The number of benzene rings is 3. The minimum Gasteiger partial charge on any atom is -0.386 e. The topological polar surface area (TPSA) is 81.1 Å². The number of hydrogen-bond donors (Lipinski definition) is 2. The van der Waals surface area contributed by atoms with Gasteiger partial charge in [0.25, 0.3) is 0 Å². The van der Waals surface area contributed by atoms with Gasteiger partial charge >= 0.3 is 0 Å². The fourth-order valence-corrected chi connectivity index (χ4v) is 3.88. The van der Waals surface area contributed by atoms with Crippen LogP contribution in [0.5, 0.6) is 0 Å². The summed E-state index contributed by atoms with van der Waals surface area (Å²) in [5.74, 6) is 6.24. The normalized spacial score (nSPS) is 15.0. The molecule has 0 aliphatic heterocycles. The van der Waals surface area contributed by atoms with E-state index in [0.29, 0.717) is 22.7 Å². The van der Waals surface area contributed by atoms with Crippen LogP contribution in [0.3, 0.4) is 0 Å². The van der Waals surface area contributed by atoms with Crippen molar-refractivity contribution in [3.8, 4) is 23.0 Å².